The molecule has 5 N–H and O–H groups in total. The minimum Gasteiger partial charge on any atom is -0.465 e. The van der Waals surface area contributed by atoms with Crippen LogP contribution in [0.5, 0.6) is 0 Å². The van der Waals surface area contributed by atoms with E-state index in [0.29, 0.717) is 62.5 Å². The number of nitrogens with one attached hydrogen (secondary N) is 4. The van der Waals surface area contributed by atoms with Crippen LogP contribution in [-0.2, 0) is 19.1 Å². The average Bonchev–Trinajstić information content (AvgIpc) is 4.11. The van der Waals surface area contributed by atoms with Gasteiger partial charge in [0.15, 0.2) is 0 Å². The highest BCUT2D eigenvalue weighted by molar-refractivity contribution is 6.04. The summed E-state index contributed by atoms with van der Waals surface area (Å²) in [5.41, 5.74) is 4.63. The maximum absolute atomic E-state index is 14.3. The molecule has 5 heterocycles. The molecule has 4 amide bonds. The van der Waals surface area contributed by atoms with Crippen molar-refractivity contribution in [3.63, 3.8) is 0 Å². The predicted molar refractivity (Wildman–Crippen MR) is 237 cm³/mol. The van der Waals surface area contributed by atoms with Crippen LogP contribution in [0.2, 0.25) is 0 Å². The minimum atomic E-state index is -2.78. The summed E-state index contributed by atoms with van der Waals surface area (Å²) >= 11 is 0. The number of amides is 4. The molecule has 1 aliphatic carbocycles. The number of benzene rings is 3. The molecule has 65 heavy (non-hydrogen) atoms. The van der Waals surface area contributed by atoms with Gasteiger partial charge in [-0.15, -0.1) is 0 Å². The average molecular weight is 893 g/mol. The highest BCUT2D eigenvalue weighted by atomic mass is 19.3. The maximum atomic E-state index is 14.3. The van der Waals surface area contributed by atoms with Crippen LogP contribution in [0.3, 0.4) is 0 Å². The zero-order valence-electron chi connectivity index (χ0n) is 36.7. The number of imidazole rings is 2. The second-order valence-corrected chi connectivity index (χ2v) is 18.2. The number of likely N-dealkylation sites (tertiary alicyclic amines) is 2. The van der Waals surface area contributed by atoms with Gasteiger partial charge in [0.2, 0.25) is 17.7 Å². The molecule has 4 aliphatic rings. The quantitative estimate of drug-likeness (QED) is 0.0970. The molecule has 15 nitrogen and oxygen atoms in total. The van der Waals surface area contributed by atoms with Crippen LogP contribution in [0, 0.1) is 23.7 Å². The third kappa shape index (κ3) is 8.92. The molecule has 2 aromatic heterocycles. The van der Waals surface area contributed by atoms with E-state index < -0.39 is 42.2 Å². The van der Waals surface area contributed by atoms with E-state index in [0.717, 1.165) is 44.9 Å². The first-order chi connectivity index (χ1) is 31.3. The van der Waals surface area contributed by atoms with Gasteiger partial charge >= 0.3 is 12.2 Å². The Morgan fingerprint density at radius 3 is 2.00 bits per heavy atom. The van der Waals surface area contributed by atoms with E-state index in [-0.39, 0.29) is 61.5 Å². The third-order valence-electron chi connectivity index (χ3n) is 14.1. The van der Waals surface area contributed by atoms with Crippen molar-refractivity contribution < 1.29 is 42.5 Å². The van der Waals surface area contributed by atoms with Crippen LogP contribution in [0.1, 0.15) is 113 Å². The molecule has 0 radical (unpaired) electrons. The maximum Gasteiger partial charge on any atom is 0.407 e. The molecule has 9 rings (SSSR count). The van der Waals surface area contributed by atoms with E-state index in [1.54, 1.807) is 4.90 Å². The number of carboxylic acid groups (broad SMARTS) is 1. The van der Waals surface area contributed by atoms with Crippen LogP contribution in [0.15, 0.2) is 48.5 Å². The molecule has 0 spiro atoms. The first-order valence-corrected chi connectivity index (χ1v) is 22.6. The van der Waals surface area contributed by atoms with Gasteiger partial charge in [-0.3, -0.25) is 9.59 Å². The number of carbonyl (C=O) groups is 4. The van der Waals surface area contributed by atoms with E-state index in [1.807, 2.05) is 67.3 Å². The first kappa shape index (κ1) is 43.9. The summed E-state index contributed by atoms with van der Waals surface area (Å²) in [4.78, 5) is 72.9. The van der Waals surface area contributed by atoms with Crippen LogP contribution < -0.4 is 10.6 Å². The molecular formula is C48H54F2N8O7. The number of alkyl halides is 2. The van der Waals surface area contributed by atoms with E-state index in [4.69, 9.17) is 19.4 Å². The summed E-state index contributed by atoms with van der Waals surface area (Å²) in [7, 11) is 1.21. The molecule has 0 bridgehead atoms. The van der Waals surface area contributed by atoms with Gasteiger partial charge in [-0.05, 0) is 119 Å². The monoisotopic (exact) mass is 892 g/mol. The molecule has 1 unspecified atom stereocenters. The number of fused-ring (bicyclic) bond motifs is 4. The van der Waals surface area contributed by atoms with Gasteiger partial charge in [-0.1, -0.05) is 24.0 Å². The number of aromatic nitrogens is 4. The minimum absolute atomic E-state index is 0.0872. The van der Waals surface area contributed by atoms with Crippen LogP contribution in [0.25, 0.3) is 32.8 Å². The third-order valence-corrected chi connectivity index (χ3v) is 14.1. The molecule has 342 valence electrons. The highest BCUT2D eigenvalue weighted by Gasteiger charge is 2.46. The van der Waals surface area contributed by atoms with Crippen molar-refractivity contribution in [2.75, 3.05) is 20.3 Å². The first-order valence-electron chi connectivity index (χ1n) is 22.6. The van der Waals surface area contributed by atoms with Crippen molar-refractivity contribution in [1.29, 1.82) is 0 Å². The number of nitrogens with zero attached hydrogens (tertiary/aromatic N) is 4. The SMILES string of the molecule is COC(=O)N[C@H](C(=O)N1[C@@H](C)CC[C@H]1c1nc2ccc(C#Cc3ccc4c(ccc5[nH]c([C@@H]6CC[C@H](C)N6C(=O)C(NC(=O)O)C6CCOCC6)nc54)c3)cc2[nH]1)C1CCC(F)(F)CC1. The fraction of sp³-hybridized carbons (Fsp3) is 0.500. The number of ether oxygens (including phenoxy) is 2. The number of carbonyl (C=O) groups excluding carboxylic acids is 3. The van der Waals surface area contributed by atoms with E-state index in [9.17, 15) is 33.1 Å². The molecular weight excluding hydrogens is 839 g/mol. The molecule has 3 aliphatic heterocycles. The van der Waals surface area contributed by atoms with E-state index in [2.05, 4.69) is 32.4 Å². The number of rotatable bonds is 8. The Morgan fingerprint density at radius 1 is 0.769 bits per heavy atom. The van der Waals surface area contributed by atoms with Crippen molar-refractivity contribution in [3.8, 4) is 11.8 Å². The lowest BCUT2D eigenvalue weighted by molar-refractivity contribution is -0.139. The van der Waals surface area contributed by atoms with Crippen molar-refractivity contribution in [2.24, 2.45) is 11.8 Å². The Balaban J connectivity index is 0.924. The number of alkyl carbamates (subject to hydrolysis) is 1. The molecule has 3 aromatic carbocycles. The summed E-state index contributed by atoms with van der Waals surface area (Å²) in [5, 5.41) is 16.7. The number of aromatic amines is 2. The normalized spacial score (nSPS) is 23.6. The molecule has 1 saturated carbocycles. The summed E-state index contributed by atoms with van der Waals surface area (Å²) < 4.78 is 38.5. The second kappa shape index (κ2) is 17.9. The standard InChI is InChI=1S/C48H54F2N8O7/c1-26-4-14-37(57(26)45(60)40(56-47(63)64-3)30-16-20-48(49,50)21-17-30)42-51-34-12-9-29(25-36(34)53-42)7-6-28-8-11-33-32(24-28)10-13-35-41(33)54-43(52-35)38-15-5-27(2)58(38)44(59)39(55-46(61)62)31-18-22-65-23-19-31/h8-13,24-27,30-31,37-40,55H,4-5,14-23H2,1-3H3,(H,51,53)(H,52,54)(H,56,63)(H,61,62)/t26-,27-,37-,38-,39?,40-/m0/s1. The van der Waals surface area contributed by atoms with Crippen LogP contribution >= 0.6 is 0 Å². The van der Waals surface area contributed by atoms with Gasteiger partial charge in [-0.25, -0.2) is 28.3 Å². The molecule has 5 aromatic rings. The van der Waals surface area contributed by atoms with Gasteiger partial charge in [0.25, 0.3) is 0 Å². The lowest BCUT2D eigenvalue weighted by Crippen LogP contribution is -2.54. The van der Waals surface area contributed by atoms with E-state index in [1.165, 1.54) is 7.11 Å². The number of H-pyrrole nitrogens is 2. The van der Waals surface area contributed by atoms with Crippen molar-refractivity contribution in [2.45, 2.75) is 120 Å². The Morgan fingerprint density at radius 2 is 1.35 bits per heavy atom. The summed E-state index contributed by atoms with van der Waals surface area (Å²) in [6, 6.07) is 12.8. The lowest BCUT2D eigenvalue weighted by atomic mass is 9.81. The van der Waals surface area contributed by atoms with Gasteiger partial charge in [0, 0.05) is 54.7 Å². The molecule has 4 fully saturated rings. The molecule has 6 atom stereocenters. The number of hydrogen-bond acceptors (Lipinski definition) is 8. The predicted octanol–water partition coefficient (Wildman–Crippen LogP) is 7.71. The highest BCUT2D eigenvalue weighted by Crippen LogP contribution is 2.42. The smallest absolute Gasteiger partial charge is 0.407 e. The Hall–Kier alpha value is -6.28. The number of methoxy groups -OCH3 is 1. The van der Waals surface area contributed by atoms with Crippen LogP contribution in [-0.4, -0.2) is 109 Å². The fourth-order valence-corrected chi connectivity index (χ4v) is 10.6. The number of halogens is 2. The van der Waals surface area contributed by atoms with Crippen molar-refractivity contribution in [3.05, 3.63) is 71.3 Å². The lowest BCUT2D eigenvalue weighted by Gasteiger charge is -2.37. The van der Waals surface area contributed by atoms with Crippen LogP contribution in [0.4, 0.5) is 18.4 Å². The van der Waals surface area contributed by atoms with Gasteiger partial charge in [0.1, 0.15) is 23.7 Å². The second-order valence-electron chi connectivity index (χ2n) is 18.2. The molecule has 3 saturated heterocycles. The van der Waals surface area contributed by atoms with Gasteiger partial charge in [-0.2, -0.15) is 0 Å². The van der Waals surface area contributed by atoms with Gasteiger partial charge in [0.05, 0.1) is 41.3 Å². The van der Waals surface area contributed by atoms with E-state index >= 15 is 0 Å². The largest absolute Gasteiger partial charge is 0.465 e. The Labute approximate surface area is 374 Å². The molecule has 17 heteroatoms. The van der Waals surface area contributed by atoms with Crippen molar-refractivity contribution >= 4 is 56.8 Å². The Kier molecular flexibility index (Phi) is 12.1. The topological polar surface area (TPSA) is 195 Å². The Bertz CT molecular complexity index is 2690. The summed E-state index contributed by atoms with van der Waals surface area (Å²) in [6.07, 6.45) is 1.59. The fourth-order valence-electron chi connectivity index (χ4n) is 10.6. The number of hydrogen-bond donors (Lipinski definition) is 5. The van der Waals surface area contributed by atoms with Gasteiger partial charge < -0.3 is 45.0 Å². The summed E-state index contributed by atoms with van der Waals surface area (Å²) in [6.45, 7) is 4.93. The zero-order chi connectivity index (χ0) is 45.6. The summed E-state index contributed by atoms with van der Waals surface area (Å²) in [5.74, 6) is 3.91. The zero-order valence-corrected chi connectivity index (χ0v) is 36.7. The van der Waals surface area contributed by atoms with Crippen molar-refractivity contribution in [1.82, 2.24) is 40.4 Å².